The molecule has 0 aromatic rings. The molecule has 98 valence electrons. The van der Waals surface area contributed by atoms with Crippen molar-refractivity contribution in [3.05, 3.63) is 0 Å². The Hall–Kier alpha value is -1.10. The number of hydrogen-bond donors (Lipinski definition) is 2. The third-order valence-corrected chi connectivity index (χ3v) is 3.46. The van der Waals surface area contributed by atoms with Gasteiger partial charge in [-0.25, -0.2) is 0 Å². The van der Waals surface area contributed by atoms with E-state index in [1.54, 1.807) is 11.9 Å². The van der Waals surface area contributed by atoms with Crippen LogP contribution < -0.4 is 11.1 Å². The molecule has 2 amide bonds. The first kappa shape index (κ1) is 14.0. The van der Waals surface area contributed by atoms with E-state index in [0.29, 0.717) is 13.1 Å². The molecule has 1 saturated heterocycles. The number of nitrogens with two attached hydrogens (primary N) is 1. The van der Waals surface area contributed by atoms with Crippen LogP contribution in [0.25, 0.3) is 0 Å². The van der Waals surface area contributed by atoms with E-state index in [1.807, 2.05) is 6.92 Å². The maximum Gasteiger partial charge on any atom is 0.242 e. The highest BCUT2D eigenvalue weighted by Gasteiger charge is 2.33. The van der Waals surface area contributed by atoms with Crippen molar-refractivity contribution in [3.8, 4) is 0 Å². The highest BCUT2D eigenvalue weighted by atomic mass is 16.2. The van der Waals surface area contributed by atoms with Crippen LogP contribution in [0.5, 0.6) is 0 Å². The molecule has 0 spiro atoms. The maximum atomic E-state index is 12.3. The number of amides is 2. The topological polar surface area (TPSA) is 75.4 Å². The Labute approximate surface area is 103 Å². The van der Waals surface area contributed by atoms with Crippen LogP contribution in [0.4, 0.5) is 0 Å². The molecule has 0 aliphatic carbocycles. The van der Waals surface area contributed by atoms with Crippen LogP contribution in [0.3, 0.4) is 0 Å². The third-order valence-electron chi connectivity index (χ3n) is 3.46. The van der Waals surface area contributed by atoms with Crippen LogP contribution in [0.1, 0.15) is 32.6 Å². The Morgan fingerprint density at radius 3 is 2.71 bits per heavy atom. The van der Waals surface area contributed by atoms with Gasteiger partial charge in [0.2, 0.25) is 11.8 Å². The second kappa shape index (κ2) is 6.59. The third kappa shape index (κ3) is 3.19. The van der Waals surface area contributed by atoms with Gasteiger partial charge in [0.15, 0.2) is 0 Å². The molecule has 17 heavy (non-hydrogen) atoms. The highest BCUT2D eigenvalue weighted by Crippen LogP contribution is 2.20. The lowest BCUT2D eigenvalue weighted by Gasteiger charge is -2.36. The van der Waals surface area contributed by atoms with Gasteiger partial charge < -0.3 is 16.0 Å². The van der Waals surface area contributed by atoms with E-state index in [0.717, 1.165) is 25.7 Å². The van der Waals surface area contributed by atoms with Gasteiger partial charge in [-0.15, -0.1) is 0 Å². The van der Waals surface area contributed by atoms with Crippen molar-refractivity contribution < 1.29 is 9.59 Å². The molecule has 0 aromatic carbocycles. The number of carbonyl (C=O) groups excluding carboxylic acids is 2. The predicted molar refractivity (Wildman–Crippen MR) is 66.3 cm³/mol. The fourth-order valence-corrected chi connectivity index (χ4v) is 2.31. The summed E-state index contributed by atoms with van der Waals surface area (Å²) < 4.78 is 0. The first-order valence-electron chi connectivity index (χ1n) is 6.37. The molecule has 0 aromatic heterocycles. The lowest BCUT2D eigenvalue weighted by atomic mass is 9.97. The molecule has 1 aliphatic rings. The lowest BCUT2D eigenvalue weighted by Crippen LogP contribution is -2.53. The zero-order chi connectivity index (χ0) is 12.8. The summed E-state index contributed by atoms with van der Waals surface area (Å²) in [7, 11) is 1.61. The van der Waals surface area contributed by atoms with Crippen molar-refractivity contribution in [3.63, 3.8) is 0 Å². The SMILES string of the molecule is CCC(CN)C(=O)N1CCCCC1C(=O)NC. The van der Waals surface area contributed by atoms with Gasteiger partial charge in [0, 0.05) is 20.1 Å². The molecule has 3 N–H and O–H groups in total. The second-order valence-electron chi connectivity index (χ2n) is 4.50. The fraction of sp³-hybridized carbons (Fsp3) is 0.833. The van der Waals surface area contributed by atoms with E-state index in [2.05, 4.69) is 5.32 Å². The molecule has 0 bridgehead atoms. The van der Waals surface area contributed by atoms with Gasteiger partial charge in [0.05, 0.1) is 5.92 Å². The molecular weight excluding hydrogens is 218 g/mol. The number of likely N-dealkylation sites (N-methyl/N-ethyl adjacent to an activating group) is 1. The fourth-order valence-electron chi connectivity index (χ4n) is 2.31. The quantitative estimate of drug-likeness (QED) is 0.733. The Bertz CT molecular complexity index is 277. The average molecular weight is 241 g/mol. The van der Waals surface area contributed by atoms with E-state index in [1.165, 1.54) is 0 Å². The summed E-state index contributed by atoms with van der Waals surface area (Å²) >= 11 is 0. The Balaban J connectivity index is 2.76. The normalized spacial score (nSPS) is 22.1. The summed E-state index contributed by atoms with van der Waals surface area (Å²) in [4.78, 5) is 25.7. The standard InChI is InChI=1S/C12H23N3O2/c1-3-9(8-13)12(17)15-7-5-4-6-10(15)11(16)14-2/h9-10H,3-8,13H2,1-2H3,(H,14,16). The van der Waals surface area contributed by atoms with E-state index >= 15 is 0 Å². The smallest absolute Gasteiger partial charge is 0.242 e. The zero-order valence-corrected chi connectivity index (χ0v) is 10.7. The molecule has 1 rings (SSSR count). The minimum atomic E-state index is -0.304. The number of rotatable bonds is 4. The first-order chi connectivity index (χ1) is 8.15. The zero-order valence-electron chi connectivity index (χ0n) is 10.7. The van der Waals surface area contributed by atoms with Gasteiger partial charge in [0.25, 0.3) is 0 Å². The Morgan fingerprint density at radius 1 is 1.47 bits per heavy atom. The number of nitrogens with one attached hydrogen (secondary N) is 1. The summed E-state index contributed by atoms with van der Waals surface area (Å²) in [6.45, 7) is 2.98. The van der Waals surface area contributed by atoms with Crippen molar-refractivity contribution in [1.82, 2.24) is 10.2 Å². The van der Waals surface area contributed by atoms with Crippen LogP contribution in [0.2, 0.25) is 0 Å². The summed E-state index contributed by atoms with van der Waals surface area (Å²) in [5.41, 5.74) is 5.60. The van der Waals surface area contributed by atoms with E-state index in [-0.39, 0.29) is 23.8 Å². The lowest BCUT2D eigenvalue weighted by molar-refractivity contribution is -0.145. The minimum absolute atomic E-state index is 0.0308. The van der Waals surface area contributed by atoms with Gasteiger partial charge in [-0.1, -0.05) is 6.92 Å². The molecule has 5 heteroatoms. The number of carbonyl (C=O) groups is 2. The summed E-state index contributed by atoms with van der Waals surface area (Å²) in [6, 6.07) is -0.304. The summed E-state index contributed by atoms with van der Waals surface area (Å²) in [5, 5.41) is 2.63. The van der Waals surface area contributed by atoms with Crippen molar-refractivity contribution >= 4 is 11.8 Å². The molecule has 0 radical (unpaired) electrons. The Kier molecular flexibility index (Phi) is 5.41. The summed E-state index contributed by atoms with van der Waals surface area (Å²) in [5.74, 6) is -0.187. The second-order valence-corrected chi connectivity index (χ2v) is 4.50. The van der Waals surface area contributed by atoms with E-state index < -0.39 is 0 Å². The van der Waals surface area contributed by atoms with Gasteiger partial charge in [-0.05, 0) is 25.7 Å². The molecular formula is C12H23N3O2. The van der Waals surface area contributed by atoms with Gasteiger partial charge in [-0.2, -0.15) is 0 Å². The molecule has 0 saturated carbocycles. The van der Waals surface area contributed by atoms with Crippen LogP contribution in [0.15, 0.2) is 0 Å². The summed E-state index contributed by atoms with van der Waals surface area (Å²) in [6.07, 6.45) is 3.46. The van der Waals surface area contributed by atoms with Crippen LogP contribution in [-0.2, 0) is 9.59 Å². The van der Waals surface area contributed by atoms with Crippen molar-refractivity contribution in [2.24, 2.45) is 11.7 Å². The first-order valence-corrected chi connectivity index (χ1v) is 6.37. The molecule has 1 aliphatic heterocycles. The number of piperidine rings is 1. The maximum absolute atomic E-state index is 12.3. The van der Waals surface area contributed by atoms with Gasteiger partial charge in [-0.3, -0.25) is 9.59 Å². The minimum Gasteiger partial charge on any atom is -0.357 e. The number of nitrogens with zero attached hydrogens (tertiary/aromatic N) is 1. The van der Waals surface area contributed by atoms with Crippen molar-refractivity contribution in [2.75, 3.05) is 20.1 Å². The van der Waals surface area contributed by atoms with Crippen LogP contribution >= 0.6 is 0 Å². The van der Waals surface area contributed by atoms with Gasteiger partial charge >= 0.3 is 0 Å². The predicted octanol–water partition coefficient (Wildman–Crippen LogP) is 0.0984. The van der Waals surface area contributed by atoms with E-state index in [9.17, 15) is 9.59 Å². The molecule has 2 unspecified atom stereocenters. The van der Waals surface area contributed by atoms with E-state index in [4.69, 9.17) is 5.73 Å². The largest absolute Gasteiger partial charge is 0.357 e. The van der Waals surface area contributed by atoms with Crippen molar-refractivity contribution in [2.45, 2.75) is 38.6 Å². The van der Waals surface area contributed by atoms with Crippen molar-refractivity contribution in [1.29, 1.82) is 0 Å². The molecule has 1 fully saturated rings. The van der Waals surface area contributed by atoms with Crippen LogP contribution in [-0.4, -0.2) is 42.9 Å². The number of hydrogen-bond acceptors (Lipinski definition) is 3. The number of likely N-dealkylation sites (tertiary alicyclic amines) is 1. The molecule has 2 atom stereocenters. The molecule has 5 nitrogen and oxygen atoms in total. The molecule has 1 heterocycles. The highest BCUT2D eigenvalue weighted by molar-refractivity contribution is 5.88. The average Bonchev–Trinajstić information content (AvgIpc) is 2.39. The monoisotopic (exact) mass is 241 g/mol. The Morgan fingerprint density at radius 2 is 2.18 bits per heavy atom. The van der Waals surface area contributed by atoms with Crippen LogP contribution in [0, 0.1) is 5.92 Å². The van der Waals surface area contributed by atoms with Gasteiger partial charge in [0.1, 0.15) is 6.04 Å².